The Kier molecular flexibility index (Phi) is 8.43. The molecule has 0 spiro atoms. The maximum absolute atomic E-state index is 14.7. The summed E-state index contributed by atoms with van der Waals surface area (Å²) in [6.45, 7) is 3.61. The summed E-state index contributed by atoms with van der Waals surface area (Å²) in [4.78, 5) is 15.9. The van der Waals surface area contributed by atoms with E-state index in [-0.39, 0.29) is 29.8 Å². The van der Waals surface area contributed by atoms with Crippen molar-refractivity contribution < 1.29 is 9.13 Å². The molecule has 0 bridgehead atoms. The van der Waals surface area contributed by atoms with Gasteiger partial charge in [-0.3, -0.25) is 4.68 Å². The van der Waals surface area contributed by atoms with Gasteiger partial charge in [-0.2, -0.15) is 5.10 Å². The van der Waals surface area contributed by atoms with Crippen LogP contribution in [0.5, 0.6) is 5.75 Å². The van der Waals surface area contributed by atoms with Crippen LogP contribution in [0, 0.1) is 5.82 Å². The Morgan fingerprint density at radius 3 is 2.85 bits per heavy atom. The second-order valence-corrected chi connectivity index (χ2v) is 10.00. The van der Waals surface area contributed by atoms with Crippen molar-refractivity contribution in [1.82, 2.24) is 30.0 Å². The largest absolute Gasteiger partial charge is 0.496 e. The summed E-state index contributed by atoms with van der Waals surface area (Å²) in [6.07, 6.45) is 10.6. The molecule has 1 aromatic carbocycles. The van der Waals surface area contributed by atoms with Crippen LogP contribution in [0.15, 0.2) is 55.1 Å². The molecule has 0 amide bonds. The number of hydrogen-bond acceptors (Lipinski definition) is 9. The monoisotopic (exact) mass is 565 g/mol. The highest BCUT2D eigenvalue weighted by atomic mass is 35.5. The standard InChI is InChI=1S/C28H32FN9O.ClH/c1-39-24-6-2-5-22(29)27(24)28-32-10-8-25(36-28)35-26-12-23(37-11-3-4-19(30)17-37)21(15-33-26)18-13-34-38(16-18)20-7-9-31-14-20;/h2,5-6,8,10,12-13,15-16,19-20,31H,3-4,7,9,11,14,17,30H2,1H3,(H,32,33,35,36);1H/t19-,20+;/m0./s1. The van der Waals surface area contributed by atoms with Gasteiger partial charge in [0.2, 0.25) is 0 Å². The van der Waals surface area contributed by atoms with Gasteiger partial charge >= 0.3 is 0 Å². The topological polar surface area (TPSA) is 119 Å². The number of nitrogens with zero attached hydrogens (tertiary/aromatic N) is 6. The summed E-state index contributed by atoms with van der Waals surface area (Å²) in [6, 6.07) is 8.86. The third-order valence-corrected chi connectivity index (χ3v) is 7.33. The van der Waals surface area contributed by atoms with Crippen LogP contribution in [-0.4, -0.2) is 64.1 Å². The quantitative estimate of drug-likeness (QED) is 0.303. The van der Waals surface area contributed by atoms with Crippen molar-refractivity contribution in [3.8, 4) is 28.3 Å². The fourth-order valence-corrected chi connectivity index (χ4v) is 5.34. The highest BCUT2D eigenvalue weighted by Crippen LogP contribution is 2.35. The molecule has 0 unspecified atom stereocenters. The molecule has 0 saturated carbocycles. The third-order valence-electron chi connectivity index (χ3n) is 7.33. The molecular formula is C28H33ClFN9O. The Hall–Kier alpha value is -3.80. The van der Waals surface area contributed by atoms with Crippen LogP contribution >= 0.6 is 12.4 Å². The molecule has 6 rings (SSSR count). The van der Waals surface area contributed by atoms with Gasteiger partial charge in [0.25, 0.3) is 0 Å². The Morgan fingerprint density at radius 2 is 2.05 bits per heavy atom. The first kappa shape index (κ1) is 27.8. The van der Waals surface area contributed by atoms with Crippen molar-refractivity contribution in [3.05, 3.63) is 60.9 Å². The molecule has 2 aliphatic heterocycles. The minimum absolute atomic E-state index is 0. The second kappa shape index (κ2) is 12.2. The van der Waals surface area contributed by atoms with E-state index in [1.165, 1.54) is 13.2 Å². The van der Waals surface area contributed by atoms with Crippen LogP contribution in [-0.2, 0) is 0 Å². The predicted octanol–water partition coefficient (Wildman–Crippen LogP) is 4.18. The SMILES string of the molecule is COc1cccc(F)c1-c1nccc(Nc2cc(N3CCC[C@H](N)C3)c(-c3cnn([C@@H]4CCNC4)c3)cn2)n1.Cl. The van der Waals surface area contributed by atoms with Gasteiger partial charge in [0.1, 0.15) is 23.2 Å². The molecule has 2 aliphatic rings. The minimum Gasteiger partial charge on any atom is -0.496 e. The number of methoxy groups -OCH3 is 1. The number of benzene rings is 1. The normalized spacial score (nSPS) is 18.8. The lowest BCUT2D eigenvalue weighted by Gasteiger charge is -2.34. The van der Waals surface area contributed by atoms with Crippen LogP contribution in [0.25, 0.3) is 22.5 Å². The predicted molar refractivity (Wildman–Crippen MR) is 156 cm³/mol. The van der Waals surface area contributed by atoms with Gasteiger partial charge in [0.15, 0.2) is 5.82 Å². The zero-order valence-corrected chi connectivity index (χ0v) is 23.1. The lowest BCUT2D eigenvalue weighted by molar-refractivity contribution is 0.413. The van der Waals surface area contributed by atoms with Gasteiger partial charge in [0, 0.05) is 67.1 Å². The number of ether oxygens (including phenoxy) is 1. The van der Waals surface area contributed by atoms with E-state index in [1.807, 2.05) is 23.1 Å². The second-order valence-electron chi connectivity index (χ2n) is 10.00. The van der Waals surface area contributed by atoms with Crippen LogP contribution in [0.1, 0.15) is 25.3 Å². The van der Waals surface area contributed by atoms with Gasteiger partial charge < -0.3 is 26.0 Å². The van der Waals surface area contributed by atoms with Gasteiger partial charge in [-0.25, -0.2) is 19.3 Å². The van der Waals surface area contributed by atoms with Gasteiger partial charge in [-0.15, -0.1) is 12.4 Å². The molecule has 40 heavy (non-hydrogen) atoms. The number of rotatable bonds is 7. The third kappa shape index (κ3) is 5.72. The van der Waals surface area contributed by atoms with Crippen LogP contribution in [0.2, 0.25) is 0 Å². The first-order valence-electron chi connectivity index (χ1n) is 13.3. The minimum atomic E-state index is -0.452. The number of pyridine rings is 1. The van der Waals surface area contributed by atoms with E-state index >= 15 is 0 Å². The van der Waals surface area contributed by atoms with Crippen molar-refractivity contribution in [1.29, 1.82) is 0 Å². The zero-order valence-electron chi connectivity index (χ0n) is 22.3. The smallest absolute Gasteiger partial charge is 0.168 e. The van der Waals surface area contributed by atoms with E-state index in [0.29, 0.717) is 23.4 Å². The van der Waals surface area contributed by atoms with Gasteiger partial charge in [-0.05, 0) is 44.0 Å². The number of halogens is 2. The van der Waals surface area contributed by atoms with Crippen molar-refractivity contribution in [2.24, 2.45) is 5.73 Å². The van der Waals surface area contributed by atoms with E-state index in [2.05, 4.69) is 36.8 Å². The molecule has 210 valence electrons. The van der Waals surface area contributed by atoms with E-state index in [0.717, 1.165) is 62.3 Å². The molecule has 2 saturated heterocycles. The molecule has 5 heterocycles. The molecule has 3 aromatic heterocycles. The lowest BCUT2D eigenvalue weighted by Crippen LogP contribution is -2.43. The fourth-order valence-electron chi connectivity index (χ4n) is 5.34. The molecule has 4 N–H and O–H groups in total. The summed E-state index contributed by atoms with van der Waals surface area (Å²) in [5.74, 6) is 1.25. The van der Waals surface area contributed by atoms with E-state index < -0.39 is 5.82 Å². The Balaban J connectivity index is 0.00000323. The van der Waals surface area contributed by atoms with E-state index in [1.54, 1.807) is 24.4 Å². The van der Waals surface area contributed by atoms with Crippen LogP contribution in [0.3, 0.4) is 0 Å². The van der Waals surface area contributed by atoms with Crippen LogP contribution in [0.4, 0.5) is 21.7 Å². The van der Waals surface area contributed by atoms with Crippen molar-refractivity contribution in [2.45, 2.75) is 31.3 Å². The molecule has 10 nitrogen and oxygen atoms in total. The maximum atomic E-state index is 14.7. The van der Waals surface area contributed by atoms with Crippen molar-refractivity contribution >= 4 is 29.7 Å². The van der Waals surface area contributed by atoms with Crippen molar-refractivity contribution in [2.75, 3.05) is 43.5 Å². The summed E-state index contributed by atoms with van der Waals surface area (Å²) < 4.78 is 22.0. The zero-order chi connectivity index (χ0) is 26.8. The Morgan fingerprint density at radius 1 is 1.15 bits per heavy atom. The molecular weight excluding hydrogens is 533 g/mol. The van der Waals surface area contributed by atoms with E-state index in [4.69, 9.17) is 15.5 Å². The molecule has 0 radical (unpaired) electrons. The lowest BCUT2D eigenvalue weighted by atomic mass is 10.0. The number of piperidine rings is 1. The summed E-state index contributed by atoms with van der Waals surface area (Å²) in [5, 5.41) is 11.3. The summed E-state index contributed by atoms with van der Waals surface area (Å²) in [5.41, 5.74) is 9.63. The van der Waals surface area contributed by atoms with Gasteiger partial charge in [0.05, 0.1) is 24.9 Å². The highest BCUT2D eigenvalue weighted by Gasteiger charge is 2.23. The average molecular weight is 566 g/mol. The average Bonchev–Trinajstić information content (AvgIpc) is 3.66. The number of aromatic nitrogens is 5. The highest BCUT2D eigenvalue weighted by molar-refractivity contribution is 5.85. The Labute approximate surface area is 238 Å². The molecule has 2 atom stereocenters. The first-order valence-corrected chi connectivity index (χ1v) is 13.3. The molecule has 12 heteroatoms. The van der Waals surface area contributed by atoms with Crippen LogP contribution < -0.4 is 26.0 Å². The number of nitrogens with two attached hydrogens (primary N) is 1. The summed E-state index contributed by atoms with van der Waals surface area (Å²) in [7, 11) is 1.49. The van der Waals surface area contributed by atoms with Crippen molar-refractivity contribution in [3.63, 3.8) is 0 Å². The molecule has 2 fully saturated rings. The molecule has 0 aliphatic carbocycles. The Bertz CT molecular complexity index is 1460. The van der Waals surface area contributed by atoms with E-state index in [9.17, 15) is 4.39 Å². The molecule has 4 aromatic rings. The number of nitrogens with one attached hydrogen (secondary N) is 2. The number of anilines is 3. The summed E-state index contributed by atoms with van der Waals surface area (Å²) >= 11 is 0. The first-order chi connectivity index (χ1) is 19.1. The number of hydrogen-bond donors (Lipinski definition) is 3. The maximum Gasteiger partial charge on any atom is 0.168 e. The fraction of sp³-hybridized carbons (Fsp3) is 0.357. The van der Waals surface area contributed by atoms with Gasteiger partial charge in [-0.1, -0.05) is 6.07 Å².